The van der Waals surface area contributed by atoms with Crippen LogP contribution in [0.1, 0.15) is 11.1 Å². The number of benzene rings is 2. The third kappa shape index (κ3) is 6.16. The van der Waals surface area contributed by atoms with Crippen molar-refractivity contribution in [3.05, 3.63) is 83.2 Å². The summed E-state index contributed by atoms with van der Waals surface area (Å²) in [6, 6.07) is 19.9. The van der Waals surface area contributed by atoms with Crippen molar-refractivity contribution in [1.82, 2.24) is 4.90 Å². The predicted octanol–water partition coefficient (Wildman–Crippen LogP) is 3.77. The lowest BCUT2D eigenvalue weighted by Gasteiger charge is -2.23. The fourth-order valence-electron chi connectivity index (χ4n) is 2.90. The summed E-state index contributed by atoms with van der Waals surface area (Å²) in [5.41, 5.74) is 2.33. The highest BCUT2D eigenvalue weighted by Crippen LogP contribution is 2.20. The molecule has 0 saturated heterocycles. The summed E-state index contributed by atoms with van der Waals surface area (Å²) in [5.74, 6) is -0.0113. The molecular formula is C22H24N2O4S2. The molecule has 2 aromatic carbocycles. The van der Waals surface area contributed by atoms with Crippen LogP contribution in [0.2, 0.25) is 0 Å². The summed E-state index contributed by atoms with van der Waals surface area (Å²) >= 11 is 1.16. The van der Waals surface area contributed by atoms with Crippen LogP contribution < -0.4 is 4.72 Å². The van der Waals surface area contributed by atoms with Crippen LogP contribution in [0.25, 0.3) is 0 Å². The molecule has 0 radical (unpaired) electrons. The summed E-state index contributed by atoms with van der Waals surface area (Å²) in [6.07, 6.45) is 0.231. The molecule has 0 fully saturated rings. The van der Waals surface area contributed by atoms with Crippen molar-refractivity contribution in [3.8, 4) is 0 Å². The first-order chi connectivity index (χ1) is 14.5. The average Bonchev–Trinajstić information content (AvgIpc) is 3.29. The van der Waals surface area contributed by atoms with E-state index in [0.29, 0.717) is 25.4 Å². The van der Waals surface area contributed by atoms with E-state index in [1.165, 1.54) is 0 Å². The number of nitrogens with one attached hydrogen (secondary N) is 1. The second-order valence-corrected chi connectivity index (χ2v) is 9.56. The quantitative estimate of drug-likeness (QED) is 0.517. The van der Waals surface area contributed by atoms with Gasteiger partial charge in [-0.05, 0) is 34.7 Å². The molecule has 1 aromatic heterocycles. The second kappa shape index (κ2) is 10.4. The predicted molar refractivity (Wildman–Crippen MR) is 119 cm³/mol. The van der Waals surface area contributed by atoms with Crippen molar-refractivity contribution in [2.75, 3.05) is 25.0 Å². The molecule has 3 aromatic rings. The molecule has 158 valence electrons. The second-order valence-electron chi connectivity index (χ2n) is 6.70. The standard InChI is InChI=1S/C22H24N2O4S2/c1-28-14-13-24(17-19-6-3-2-4-7-19)21(25)16-18-9-11-20(12-10-18)23-30(26,27)22-8-5-15-29-22/h2-12,15,23H,13-14,16-17H2,1H3. The Hall–Kier alpha value is -2.68. The maximum absolute atomic E-state index is 12.9. The maximum Gasteiger partial charge on any atom is 0.271 e. The minimum atomic E-state index is -3.58. The lowest BCUT2D eigenvalue weighted by atomic mass is 10.1. The molecule has 3 rings (SSSR count). The van der Waals surface area contributed by atoms with Crippen LogP contribution in [0.4, 0.5) is 5.69 Å². The first kappa shape index (κ1) is 22.0. The van der Waals surface area contributed by atoms with E-state index in [0.717, 1.165) is 22.5 Å². The number of ether oxygens (including phenoxy) is 1. The van der Waals surface area contributed by atoms with Gasteiger partial charge in [0.15, 0.2) is 0 Å². The Morgan fingerprint density at radius 2 is 1.73 bits per heavy atom. The van der Waals surface area contributed by atoms with Gasteiger partial charge >= 0.3 is 0 Å². The lowest BCUT2D eigenvalue weighted by molar-refractivity contribution is -0.131. The molecule has 1 N–H and O–H groups in total. The Balaban J connectivity index is 1.64. The molecule has 1 heterocycles. The van der Waals surface area contributed by atoms with Crippen molar-refractivity contribution in [2.45, 2.75) is 17.2 Å². The minimum Gasteiger partial charge on any atom is -0.383 e. The lowest BCUT2D eigenvalue weighted by Crippen LogP contribution is -2.34. The summed E-state index contributed by atoms with van der Waals surface area (Å²) in [6.45, 7) is 1.48. The van der Waals surface area contributed by atoms with Gasteiger partial charge in [-0.1, -0.05) is 48.5 Å². The molecule has 0 unspecified atom stereocenters. The van der Waals surface area contributed by atoms with E-state index >= 15 is 0 Å². The van der Waals surface area contributed by atoms with Crippen LogP contribution in [0.3, 0.4) is 0 Å². The highest BCUT2D eigenvalue weighted by molar-refractivity contribution is 7.94. The Bertz CT molecular complexity index is 1030. The SMILES string of the molecule is COCCN(Cc1ccccc1)C(=O)Cc1ccc(NS(=O)(=O)c2cccs2)cc1. The van der Waals surface area contributed by atoms with Gasteiger partial charge in [0.2, 0.25) is 5.91 Å². The number of hydrogen-bond donors (Lipinski definition) is 1. The third-order valence-corrected chi connectivity index (χ3v) is 7.23. The van der Waals surface area contributed by atoms with Gasteiger partial charge in [-0.2, -0.15) is 0 Å². The van der Waals surface area contributed by atoms with Gasteiger partial charge in [-0.15, -0.1) is 11.3 Å². The van der Waals surface area contributed by atoms with Gasteiger partial charge in [0.05, 0.1) is 13.0 Å². The van der Waals surface area contributed by atoms with Crippen LogP contribution in [0.5, 0.6) is 0 Å². The van der Waals surface area contributed by atoms with Crippen LogP contribution >= 0.6 is 11.3 Å². The van der Waals surface area contributed by atoms with Crippen molar-refractivity contribution in [3.63, 3.8) is 0 Å². The fraction of sp³-hybridized carbons (Fsp3) is 0.227. The number of methoxy groups -OCH3 is 1. The van der Waals surface area contributed by atoms with E-state index < -0.39 is 10.0 Å². The van der Waals surface area contributed by atoms with E-state index in [1.807, 2.05) is 30.3 Å². The number of rotatable bonds is 10. The zero-order valence-corrected chi connectivity index (χ0v) is 18.3. The van der Waals surface area contributed by atoms with E-state index in [-0.39, 0.29) is 16.5 Å². The van der Waals surface area contributed by atoms with Gasteiger partial charge in [0.1, 0.15) is 4.21 Å². The zero-order chi connectivity index (χ0) is 21.4. The summed E-state index contributed by atoms with van der Waals surface area (Å²) < 4.78 is 32.6. The van der Waals surface area contributed by atoms with Gasteiger partial charge in [0, 0.05) is 25.9 Å². The van der Waals surface area contributed by atoms with Crippen molar-refractivity contribution < 1.29 is 17.9 Å². The van der Waals surface area contributed by atoms with Gasteiger partial charge < -0.3 is 9.64 Å². The van der Waals surface area contributed by atoms with Crippen LogP contribution in [0, 0.1) is 0 Å². The number of nitrogens with zero attached hydrogens (tertiary/aromatic N) is 1. The zero-order valence-electron chi connectivity index (χ0n) is 16.7. The maximum atomic E-state index is 12.9. The molecule has 0 saturated carbocycles. The molecule has 0 atom stereocenters. The highest BCUT2D eigenvalue weighted by atomic mass is 32.2. The third-order valence-electron chi connectivity index (χ3n) is 4.46. The number of amides is 1. The molecule has 0 aliphatic carbocycles. The number of sulfonamides is 1. The van der Waals surface area contributed by atoms with E-state index in [2.05, 4.69) is 4.72 Å². The number of anilines is 1. The minimum absolute atomic E-state index is 0.0113. The van der Waals surface area contributed by atoms with Crippen LogP contribution in [-0.2, 0) is 32.5 Å². The number of hydrogen-bond acceptors (Lipinski definition) is 5. The van der Waals surface area contributed by atoms with E-state index in [9.17, 15) is 13.2 Å². The molecule has 30 heavy (non-hydrogen) atoms. The Labute approximate surface area is 181 Å². The molecule has 8 heteroatoms. The van der Waals surface area contributed by atoms with Crippen molar-refractivity contribution in [2.24, 2.45) is 0 Å². The van der Waals surface area contributed by atoms with Crippen LogP contribution in [-0.4, -0.2) is 39.5 Å². The van der Waals surface area contributed by atoms with Crippen molar-refractivity contribution in [1.29, 1.82) is 0 Å². The smallest absolute Gasteiger partial charge is 0.271 e. The number of thiophene rings is 1. The van der Waals surface area contributed by atoms with Gasteiger partial charge in [-0.3, -0.25) is 9.52 Å². The first-order valence-corrected chi connectivity index (χ1v) is 11.8. The molecule has 6 nitrogen and oxygen atoms in total. The fourth-order valence-corrected chi connectivity index (χ4v) is 4.95. The number of carbonyl (C=O) groups excluding carboxylic acids is 1. The summed E-state index contributed by atoms with van der Waals surface area (Å²) in [7, 11) is -1.97. The summed E-state index contributed by atoms with van der Waals surface area (Å²) in [5, 5.41) is 1.72. The largest absolute Gasteiger partial charge is 0.383 e. The molecule has 1 amide bonds. The first-order valence-electron chi connectivity index (χ1n) is 9.44. The Morgan fingerprint density at radius 1 is 1.00 bits per heavy atom. The van der Waals surface area contributed by atoms with E-state index in [4.69, 9.17) is 4.74 Å². The molecule has 0 spiro atoms. The Morgan fingerprint density at radius 3 is 2.37 bits per heavy atom. The molecule has 0 bridgehead atoms. The Kier molecular flexibility index (Phi) is 7.62. The average molecular weight is 445 g/mol. The van der Waals surface area contributed by atoms with Crippen molar-refractivity contribution >= 4 is 33.0 Å². The van der Waals surface area contributed by atoms with Gasteiger partial charge in [0.25, 0.3) is 10.0 Å². The molecular weight excluding hydrogens is 420 g/mol. The molecule has 0 aliphatic rings. The van der Waals surface area contributed by atoms with E-state index in [1.54, 1.807) is 53.8 Å². The van der Waals surface area contributed by atoms with Gasteiger partial charge in [-0.25, -0.2) is 8.42 Å². The number of carbonyl (C=O) groups is 1. The molecule has 0 aliphatic heterocycles. The summed E-state index contributed by atoms with van der Waals surface area (Å²) in [4.78, 5) is 14.6. The topological polar surface area (TPSA) is 75.7 Å². The normalized spacial score (nSPS) is 11.2. The highest BCUT2D eigenvalue weighted by Gasteiger charge is 2.17. The van der Waals surface area contributed by atoms with Crippen LogP contribution in [0.15, 0.2) is 76.3 Å². The monoisotopic (exact) mass is 444 g/mol.